The van der Waals surface area contributed by atoms with Crippen LogP contribution in [0.15, 0.2) is 35.6 Å². The second kappa shape index (κ2) is 3.76. The van der Waals surface area contributed by atoms with Gasteiger partial charge in [0.25, 0.3) is 0 Å². The average molecular weight is 232 g/mol. The topological polar surface area (TPSA) is 41.0 Å². The Morgan fingerprint density at radius 1 is 1.31 bits per heavy atom. The van der Waals surface area contributed by atoms with Crippen molar-refractivity contribution in [2.45, 2.75) is 6.42 Å². The molecule has 0 aromatic carbocycles. The molecule has 0 radical (unpaired) electrons. The molecule has 1 N–H and O–H groups in total. The third-order valence-electron chi connectivity index (χ3n) is 2.76. The highest BCUT2D eigenvalue weighted by molar-refractivity contribution is 6.29. The number of pyridine rings is 1. The van der Waals surface area contributed by atoms with Crippen LogP contribution in [0.2, 0.25) is 5.15 Å². The molecule has 0 spiro atoms. The average Bonchev–Trinajstić information content (AvgIpc) is 2.76. The van der Waals surface area contributed by atoms with Crippen LogP contribution in [0, 0.1) is 0 Å². The Morgan fingerprint density at radius 2 is 2.25 bits per heavy atom. The maximum atomic E-state index is 5.91. The number of halogens is 1. The zero-order chi connectivity index (χ0) is 11.0. The molecule has 4 heteroatoms. The summed E-state index contributed by atoms with van der Waals surface area (Å²) in [6.45, 7) is 0.822. The van der Waals surface area contributed by atoms with Gasteiger partial charge in [-0.25, -0.2) is 4.98 Å². The van der Waals surface area contributed by atoms with Gasteiger partial charge in [-0.05, 0) is 35.8 Å². The lowest BCUT2D eigenvalue weighted by atomic mass is 10.0. The van der Waals surface area contributed by atoms with Gasteiger partial charge < -0.3 is 4.98 Å². The van der Waals surface area contributed by atoms with Gasteiger partial charge in [-0.1, -0.05) is 11.6 Å². The molecule has 2 aromatic rings. The molecule has 0 unspecified atom stereocenters. The van der Waals surface area contributed by atoms with Crippen molar-refractivity contribution < 1.29 is 0 Å². The predicted molar refractivity (Wildman–Crippen MR) is 62.8 cm³/mol. The van der Waals surface area contributed by atoms with Crippen molar-refractivity contribution in [3.8, 4) is 0 Å². The first-order valence-corrected chi connectivity index (χ1v) is 5.55. The van der Waals surface area contributed by atoms with Gasteiger partial charge in [0.05, 0.1) is 0 Å². The first-order chi connectivity index (χ1) is 7.84. The van der Waals surface area contributed by atoms with E-state index in [1.54, 1.807) is 6.20 Å². The van der Waals surface area contributed by atoms with Crippen molar-refractivity contribution >= 4 is 17.2 Å². The quantitative estimate of drug-likeness (QED) is 0.739. The van der Waals surface area contributed by atoms with Crippen LogP contribution in [-0.4, -0.2) is 16.5 Å². The number of hydrogen-bond donors (Lipinski definition) is 1. The first kappa shape index (κ1) is 9.60. The molecule has 0 amide bonds. The number of H-pyrrole nitrogens is 1. The fourth-order valence-electron chi connectivity index (χ4n) is 2.04. The fraction of sp³-hybridized carbons (Fsp3) is 0.167. The standard InChI is InChI=1S/C12H10ClN3/c13-11-7-8(1-4-14-11)9-2-5-15-12-10(9)3-6-16-12/h1,3-4,6-7H,2,5H2,(H,15,16). The summed E-state index contributed by atoms with van der Waals surface area (Å²) in [7, 11) is 0. The number of aromatic amines is 1. The van der Waals surface area contributed by atoms with Crippen LogP contribution >= 0.6 is 11.6 Å². The van der Waals surface area contributed by atoms with Gasteiger partial charge in [-0.2, -0.15) is 0 Å². The van der Waals surface area contributed by atoms with Crippen LogP contribution in [0.3, 0.4) is 0 Å². The molecule has 80 valence electrons. The SMILES string of the molecule is Clc1cc(C2=c3cc[nH]c3=NCC2)ccn1. The van der Waals surface area contributed by atoms with Gasteiger partial charge in [0.1, 0.15) is 10.6 Å². The second-order valence-electron chi connectivity index (χ2n) is 3.72. The van der Waals surface area contributed by atoms with Crippen molar-refractivity contribution in [2.75, 3.05) is 6.54 Å². The minimum absolute atomic E-state index is 0.532. The maximum Gasteiger partial charge on any atom is 0.132 e. The van der Waals surface area contributed by atoms with E-state index in [0.29, 0.717) is 5.15 Å². The highest BCUT2D eigenvalue weighted by atomic mass is 35.5. The number of nitrogens with one attached hydrogen (secondary N) is 1. The summed E-state index contributed by atoms with van der Waals surface area (Å²) in [5.41, 5.74) is 3.39. The summed E-state index contributed by atoms with van der Waals surface area (Å²) < 4.78 is 0. The van der Waals surface area contributed by atoms with E-state index < -0.39 is 0 Å². The van der Waals surface area contributed by atoms with Crippen molar-refractivity contribution in [1.82, 2.24) is 9.97 Å². The van der Waals surface area contributed by atoms with Crippen LogP contribution in [0.25, 0.3) is 5.57 Å². The van der Waals surface area contributed by atoms with E-state index in [1.807, 2.05) is 18.3 Å². The Morgan fingerprint density at radius 3 is 3.12 bits per heavy atom. The second-order valence-corrected chi connectivity index (χ2v) is 4.10. The van der Waals surface area contributed by atoms with Crippen LogP contribution in [0.5, 0.6) is 0 Å². The largest absolute Gasteiger partial charge is 0.346 e. The van der Waals surface area contributed by atoms with Crippen LogP contribution < -0.4 is 10.7 Å². The molecule has 2 aromatic heterocycles. The predicted octanol–water partition coefficient (Wildman–Crippen LogP) is 1.29. The minimum atomic E-state index is 0.532. The Bertz CT molecular complexity index is 642. The normalized spacial score (nSPS) is 14.4. The van der Waals surface area contributed by atoms with E-state index in [-0.39, 0.29) is 0 Å². The van der Waals surface area contributed by atoms with Crippen molar-refractivity contribution in [3.05, 3.63) is 52.0 Å². The smallest absolute Gasteiger partial charge is 0.132 e. The molecular weight excluding hydrogens is 222 g/mol. The van der Waals surface area contributed by atoms with Crippen LogP contribution in [-0.2, 0) is 0 Å². The lowest BCUT2D eigenvalue weighted by Gasteiger charge is -2.08. The summed E-state index contributed by atoms with van der Waals surface area (Å²) in [6.07, 6.45) is 4.61. The van der Waals surface area contributed by atoms with Crippen LogP contribution in [0.1, 0.15) is 12.0 Å². The van der Waals surface area contributed by atoms with Crippen molar-refractivity contribution in [3.63, 3.8) is 0 Å². The van der Waals surface area contributed by atoms with Gasteiger partial charge in [0.2, 0.25) is 0 Å². The number of aromatic nitrogens is 2. The zero-order valence-electron chi connectivity index (χ0n) is 8.57. The number of fused-ring (bicyclic) bond motifs is 1. The Kier molecular flexibility index (Phi) is 2.26. The molecule has 0 atom stereocenters. The lowest BCUT2D eigenvalue weighted by molar-refractivity contribution is 0.917. The molecule has 1 aliphatic heterocycles. The molecule has 0 saturated carbocycles. The molecule has 1 aliphatic rings. The third-order valence-corrected chi connectivity index (χ3v) is 2.96. The molecular formula is C12H10ClN3. The molecule has 3 nitrogen and oxygen atoms in total. The summed E-state index contributed by atoms with van der Waals surface area (Å²) >= 11 is 5.91. The molecule has 3 heterocycles. The van der Waals surface area contributed by atoms with Gasteiger partial charge in [-0.15, -0.1) is 0 Å². The number of nitrogens with zero attached hydrogens (tertiary/aromatic N) is 2. The summed E-state index contributed by atoms with van der Waals surface area (Å²) in [6, 6.07) is 5.95. The summed E-state index contributed by atoms with van der Waals surface area (Å²) in [4.78, 5) is 11.6. The fourth-order valence-corrected chi connectivity index (χ4v) is 2.21. The molecule has 3 rings (SSSR count). The molecule has 16 heavy (non-hydrogen) atoms. The van der Waals surface area contributed by atoms with Crippen molar-refractivity contribution in [1.29, 1.82) is 0 Å². The van der Waals surface area contributed by atoms with Crippen molar-refractivity contribution in [2.24, 2.45) is 4.99 Å². The zero-order valence-corrected chi connectivity index (χ0v) is 9.33. The Labute approximate surface area is 97.5 Å². The van der Waals surface area contributed by atoms with E-state index in [9.17, 15) is 0 Å². The van der Waals surface area contributed by atoms with E-state index in [1.165, 1.54) is 10.8 Å². The minimum Gasteiger partial charge on any atom is -0.346 e. The number of hydrogen-bond acceptors (Lipinski definition) is 2. The van der Waals surface area contributed by atoms with E-state index >= 15 is 0 Å². The third kappa shape index (κ3) is 1.53. The molecule has 0 bridgehead atoms. The number of rotatable bonds is 1. The van der Waals surface area contributed by atoms with Gasteiger partial charge in [0.15, 0.2) is 0 Å². The highest BCUT2D eigenvalue weighted by Gasteiger charge is 2.08. The van der Waals surface area contributed by atoms with E-state index in [4.69, 9.17) is 11.6 Å². The highest BCUT2D eigenvalue weighted by Crippen LogP contribution is 2.18. The Balaban J connectivity index is 2.30. The van der Waals surface area contributed by atoms with E-state index in [2.05, 4.69) is 21.0 Å². The molecule has 0 saturated heterocycles. The summed E-state index contributed by atoms with van der Waals surface area (Å²) in [5, 5.41) is 1.71. The maximum absolute atomic E-state index is 5.91. The van der Waals surface area contributed by atoms with Gasteiger partial charge in [0, 0.05) is 24.2 Å². The first-order valence-electron chi connectivity index (χ1n) is 5.17. The van der Waals surface area contributed by atoms with Gasteiger partial charge in [-0.3, -0.25) is 4.99 Å². The van der Waals surface area contributed by atoms with Crippen LogP contribution in [0.4, 0.5) is 0 Å². The summed E-state index contributed by atoms with van der Waals surface area (Å²) in [5.74, 6) is 0. The molecule has 0 aliphatic carbocycles. The van der Waals surface area contributed by atoms with Gasteiger partial charge >= 0.3 is 0 Å². The molecule has 0 fully saturated rings. The van der Waals surface area contributed by atoms with E-state index in [0.717, 1.165) is 24.0 Å². The lowest BCUT2D eigenvalue weighted by Crippen LogP contribution is -2.29. The Hall–Kier alpha value is -1.61. The monoisotopic (exact) mass is 231 g/mol.